The van der Waals surface area contributed by atoms with Gasteiger partial charge in [-0.05, 0) is 54.0 Å². The van der Waals surface area contributed by atoms with Gasteiger partial charge in [-0.25, -0.2) is 4.79 Å². The molecule has 0 aliphatic carbocycles. The predicted octanol–water partition coefficient (Wildman–Crippen LogP) is 0.361. The third-order valence-corrected chi connectivity index (χ3v) is 19.7. The van der Waals surface area contributed by atoms with E-state index in [1.54, 1.807) is 34.6 Å². The molecule has 11 rings (SSSR count). The molecule has 1 unspecified atom stereocenters. The van der Waals surface area contributed by atoms with Crippen LogP contribution in [-0.4, -0.2) is 284 Å². The highest BCUT2D eigenvalue weighted by atomic mass is 35.5. The summed E-state index contributed by atoms with van der Waals surface area (Å²) in [5.74, 6) is -8.29. The normalized spacial score (nSPS) is 47.3. The molecular weight excluding hydrogens is 1290 g/mol. The number of methoxy groups -OCH3 is 3. The number of phenolic OH excluding ortho intramolecular Hbond substituents is 2. The minimum atomic E-state index is -2.13. The Morgan fingerprint density at radius 3 is 2.02 bits per heavy atom. The number of aliphatic hydroxyl groups excluding tert-OH is 4. The zero-order valence-corrected chi connectivity index (χ0v) is 54.6. The molecule has 0 amide bonds. The number of benzene rings is 1. The summed E-state index contributed by atoms with van der Waals surface area (Å²) >= 11 is 12.1. The van der Waals surface area contributed by atoms with Gasteiger partial charge in [-0.2, -0.15) is 0 Å². The van der Waals surface area contributed by atoms with Crippen LogP contribution >= 0.6 is 23.2 Å². The fraction of sp³-hybridized carbons (Fsp3) is 0.847. The Bertz CT molecular complexity index is 2800. The summed E-state index contributed by atoms with van der Waals surface area (Å²) in [4.78, 5) is 39.5. The molecule has 10 fully saturated rings. The van der Waals surface area contributed by atoms with Gasteiger partial charge in [0.15, 0.2) is 66.4 Å². The molecule has 30 atom stereocenters. The van der Waals surface area contributed by atoms with E-state index in [2.05, 4.69) is 0 Å². The van der Waals surface area contributed by atoms with Crippen LogP contribution in [0.1, 0.15) is 90.6 Å². The second-order valence-corrected chi connectivity index (χ2v) is 26.4. The number of Topliss-reactive ketones (excluding diaryl/α,β-unsaturated/α-hetero) is 1. The minimum absolute atomic E-state index is 0.00145. The van der Waals surface area contributed by atoms with Gasteiger partial charge in [0.1, 0.15) is 96.2 Å². The van der Waals surface area contributed by atoms with Crippen LogP contribution in [-0.2, 0) is 114 Å². The quantitative estimate of drug-likeness (QED) is 0.104. The maximum Gasteiger partial charge on any atom is 0.342 e. The number of esters is 2. The first-order valence-corrected chi connectivity index (χ1v) is 31.6. The average Bonchev–Trinajstić information content (AvgIpc) is 1.59. The first kappa shape index (κ1) is 71.3. The average molecular weight is 1380 g/mol. The molecule has 526 valence electrons. The molecule has 7 N–H and O–H groups in total. The molecular formula is C59H84Cl2O32. The van der Waals surface area contributed by atoms with Gasteiger partial charge >= 0.3 is 17.9 Å². The molecule has 32 nitrogen and oxygen atoms in total. The Hall–Kier alpha value is -2.99. The smallest absolute Gasteiger partial charge is 0.342 e. The van der Waals surface area contributed by atoms with Crippen molar-refractivity contribution >= 4 is 40.9 Å². The van der Waals surface area contributed by atoms with Gasteiger partial charge in [0.05, 0.1) is 73.8 Å². The van der Waals surface area contributed by atoms with Crippen LogP contribution in [0.2, 0.25) is 10.0 Å². The molecule has 10 aliphatic rings. The summed E-state index contributed by atoms with van der Waals surface area (Å²) in [6.07, 6.45) is -32.1. The van der Waals surface area contributed by atoms with Crippen molar-refractivity contribution in [2.24, 2.45) is 5.92 Å². The first-order valence-electron chi connectivity index (χ1n) is 30.9. The largest absolute Gasteiger partial charge is 0.505 e. The van der Waals surface area contributed by atoms with Crippen molar-refractivity contribution < 1.29 is 154 Å². The molecule has 10 saturated heterocycles. The number of carbonyl (C=O) groups is 3. The molecule has 1 aromatic carbocycles. The lowest BCUT2D eigenvalue weighted by Gasteiger charge is -2.49. The Morgan fingerprint density at radius 1 is 0.656 bits per heavy atom. The highest BCUT2D eigenvalue weighted by Gasteiger charge is 2.73. The number of carbonyl (C=O) groups excluding carboxylic acids is 3. The van der Waals surface area contributed by atoms with Crippen LogP contribution in [0.25, 0.3) is 0 Å². The molecule has 0 radical (unpaired) electrons. The third kappa shape index (κ3) is 13.1. The van der Waals surface area contributed by atoms with E-state index < -0.39 is 229 Å². The Morgan fingerprint density at radius 2 is 1.35 bits per heavy atom. The van der Waals surface area contributed by atoms with Crippen molar-refractivity contribution in [1.82, 2.24) is 0 Å². The fourth-order valence-corrected chi connectivity index (χ4v) is 14.5. The van der Waals surface area contributed by atoms with E-state index in [1.165, 1.54) is 49.0 Å². The van der Waals surface area contributed by atoms with Gasteiger partial charge in [0, 0.05) is 34.2 Å². The number of halogens is 2. The topological polar surface area (TPSA) is 396 Å². The monoisotopic (exact) mass is 1370 g/mol. The summed E-state index contributed by atoms with van der Waals surface area (Å²) in [5, 5.41) is 78.7. The summed E-state index contributed by atoms with van der Waals surface area (Å²) in [5.41, 5.74) is -3.74. The summed E-state index contributed by atoms with van der Waals surface area (Å²) in [6, 6.07) is 0. The Balaban J connectivity index is 0.714. The summed E-state index contributed by atoms with van der Waals surface area (Å²) in [6.45, 7) is 13.0. The lowest BCUT2D eigenvalue weighted by molar-refractivity contribution is -0.428. The van der Waals surface area contributed by atoms with Gasteiger partial charge in [-0.1, -0.05) is 37.0 Å². The molecule has 0 aromatic heterocycles. The van der Waals surface area contributed by atoms with Crippen molar-refractivity contribution in [3.63, 3.8) is 0 Å². The van der Waals surface area contributed by atoms with E-state index in [-0.39, 0.29) is 56.5 Å². The lowest BCUT2D eigenvalue weighted by atomic mass is 9.81. The number of ketones is 1. The maximum atomic E-state index is 13.4. The second-order valence-electron chi connectivity index (χ2n) is 25.6. The van der Waals surface area contributed by atoms with Crippen molar-refractivity contribution in [3.05, 3.63) is 21.2 Å². The van der Waals surface area contributed by atoms with E-state index in [4.69, 9.17) is 127 Å². The number of hydrogen-bond acceptors (Lipinski definition) is 32. The molecule has 0 saturated carbocycles. The van der Waals surface area contributed by atoms with E-state index in [1.807, 2.05) is 0 Å². The van der Waals surface area contributed by atoms with Crippen LogP contribution in [0, 0.1) is 12.8 Å². The standard InChI is InChI=1S/C59H84Cl2O32/c1-20(2)51(69)85-47-45-31(90-59(91-45)50-49(77-19-78-50)58(71,25(7)62)26(8)89-59)18-76-54(47)87-55-46(74-12)39(67)44(30(81-55)16-72-10)86-53-40(68)43(29(73-11)17-75-53)83-33-15-56(9)48(24(6)80-33)92-57(93-56)14-28(64)42(23(5)88-57)82-32-13-27(63)41(22(4)79-32)84-52(70)34-21(3)35(60)38(66)36(61)37(34)65/h20,22-24,26-33,39-50,53-55,63-68,71H,13-19H2,1-12H3/t22-,23-,24-,26-,27-,28-,29+,30-,31+,32+,33+,39+,40-,41-,42-,43+,44-,45-,46+,47-,48-,49-,50-,53+,54-,55+,56-,57?,58+,59-/m1/s1. The van der Waals surface area contributed by atoms with Gasteiger partial charge in [0.25, 0.3) is 5.97 Å². The predicted molar refractivity (Wildman–Crippen MR) is 303 cm³/mol. The number of aromatic hydroxyl groups is 2. The van der Waals surface area contributed by atoms with Crippen LogP contribution < -0.4 is 0 Å². The highest BCUT2D eigenvalue weighted by Crippen LogP contribution is 2.53. The van der Waals surface area contributed by atoms with Gasteiger partial charge in [-0.15, -0.1) is 0 Å². The van der Waals surface area contributed by atoms with E-state index >= 15 is 0 Å². The van der Waals surface area contributed by atoms with E-state index in [9.17, 15) is 50.1 Å². The molecule has 2 spiro atoms. The fourth-order valence-electron chi connectivity index (χ4n) is 14.0. The van der Waals surface area contributed by atoms with Crippen LogP contribution in [0.15, 0.2) is 0 Å². The zero-order chi connectivity index (χ0) is 67.3. The van der Waals surface area contributed by atoms with Gasteiger partial charge < -0.3 is 140 Å². The molecule has 1 aromatic rings. The highest BCUT2D eigenvalue weighted by molar-refractivity contribution is 6.39. The van der Waals surface area contributed by atoms with Crippen molar-refractivity contribution in [2.75, 3.05) is 47.9 Å². The molecule has 10 heterocycles. The van der Waals surface area contributed by atoms with Gasteiger partial charge in [-0.3, -0.25) is 9.59 Å². The summed E-state index contributed by atoms with van der Waals surface area (Å²) in [7, 11) is 4.08. The number of phenols is 2. The number of hydrogen-bond donors (Lipinski definition) is 7. The molecule has 10 aliphatic heterocycles. The number of fused-ring (bicyclic) bond motifs is 4. The summed E-state index contributed by atoms with van der Waals surface area (Å²) < 4.78 is 135. The Labute approximate surface area is 544 Å². The van der Waals surface area contributed by atoms with Crippen LogP contribution in [0.3, 0.4) is 0 Å². The lowest BCUT2D eigenvalue weighted by Crippen LogP contribution is -2.72. The van der Waals surface area contributed by atoms with Gasteiger partial charge in [0.2, 0.25) is 6.29 Å². The first-order chi connectivity index (χ1) is 43.9. The number of ether oxygens (including phenoxy) is 22. The van der Waals surface area contributed by atoms with Crippen molar-refractivity contribution in [3.8, 4) is 11.5 Å². The molecule has 0 bridgehead atoms. The molecule has 93 heavy (non-hydrogen) atoms. The van der Waals surface area contributed by atoms with Crippen LogP contribution in [0.5, 0.6) is 11.5 Å². The zero-order valence-electron chi connectivity index (χ0n) is 53.1. The van der Waals surface area contributed by atoms with Crippen molar-refractivity contribution in [1.29, 1.82) is 0 Å². The third-order valence-electron chi connectivity index (χ3n) is 18.9. The Kier molecular flexibility index (Phi) is 21.2. The SMILES string of the molecule is COC[C@H]1O[C@@H](O[C@H]2OC[C@@H]3O[C@]4(O[C@H]3[C@H]2OC(=O)C(C)C)O[C@H](C)[C@@](O)(C(C)=O)[C@@H]2OCO[C@H]24)[C@@H](OC)[C@@H](O)[C@@H]1O[C@@H]1OC[C@H](OC)[C@H](O[C@H]2C[C@@]3(C)OC4(C[C@@H](O)[C@H](O[C@H]5C[C@@H](O)[C@H](OC(=O)c6c(C)c(Cl)c(O)c(Cl)c6O)[C@@H](C)O5)[C@@H](C)O4)O[C@@H]3[C@@H](C)O2)[C@H]1O. The van der Waals surface area contributed by atoms with E-state index in [0.29, 0.717) is 0 Å². The van der Waals surface area contributed by atoms with Crippen molar-refractivity contribution in [2.45, 2.75) is 264 Å². The second kappa shape index (κ2) is 27.6. The van der Waals surface area contributed by atoms with Crippen LogP contribution in [0.4, 0.5) is 0 Å². The molecule has 34 heteroatoms. The number of rotatable bonds is 17. The minimum Gasteiger partial charge on any atom is -0.505 e. The van der Waals surface area contributed by atoms with E-state index in [0.717, 1.165) is 0 Å². The number of aliphatic hydroxyl groups is 5. The maximum absolute atomic E-state index is 13.4.